The third-order valence-electron chi connectivity index (χ3n) is 14.6. The van der Waals surface area contributed by atoms with Crippen LogP contribution in [0.5, 0.6) is 0 Å². The molecule has 0 N–H and O–H groups in total. The van der Waals surface area contributed by atoms with Gasteiger partial charge in [0.2, 0.25) is 0 Å². The maximum absolute atomic E-state index is 2.54. The molecule has 0 radical (unpaired) electrons. The number of fused-ring (bicyclic) bond motifs is 15. The Kier molecular flexibility index (Phi) is 7.97. The summed E-state index contributed by atoms with van der Waals surface area (Å²) in [7, 11) is 0. The summed E-state index contributed by atoms with van der Waals surface area (Å²) in [5, 5.41) is 9.87. The van der Waals surface area contributed by atoms with Crippen LogP contribution in [0.1, 0.15) is 22.3 Å². The Labute approximate surface area is 384 Å². The van der Waals surface area contributed by atoms with E-state index in [-0.39, 0.29) is 0 Å². The van der Waals surface area contributed by atoms with Gasteiger partial charge in [-0.05, 0) is 147 Å². The first kappa shape index (κ1) is 36.9. The van der Waals surface area contributed by atoms with Crippen molar-refractivity contribution in [3.8, 4) is 44.5 Å². The molecule has 1 heteroatoms. The van der Waals surface area contributed by atoms with Gasteiger partial charge in [-0.2, -0.15) is 0 Å². The van der Waals surface area contributed by atoms with E-state index in [1.165, 1.54) is 110 Å². The van der Waals surface area contributed by atoms with Gasteiger partial charge in [0.1, 0.15) is 0 Å². The first-order valence-electron chi connectivity index (χ1n) is 23.0. The third-order valence-corrected chi connectivity index (χ3v) is 14.6. The van der Waals surface area contributed by atoms with Gasteiger partial charge in [-0.3, -0.25) is 0 Å². The average molecular weight is 836 g/mol. The van der Waals surface area contributed by atoms with E-state index in [2.05, 4.69) is 254 Å². The van der Waals surface area contributed by atoms with Gasteiger partial charge in [0.05, 0.1) is 11.1 Å². The fourth-order valence-corrected chi connectivity index (χ4v) is 11.8. The summed E-state index contributed by atoms with van der Waals surface area (Å²) in [6.07, 6.45) is 0. The maximum atomic E-state index is 2.54. The highest BCUT2D eigenvalue weighted by Gasteiger charge is 2.51. The smallest absolute Gasteiger partial charge is 0.0726 e. The number of hydrogen-bond acceptors (Lipinski definition) is 1. The van der Waals surface area contributed by atoms with E-state index in [1.54, 1.807) is 0 Å². The second kappa shape index (κ2) is 14.2. The second-order valence-corrected chi connectivity index (χ2v) is 18.0. The lowest BCUT2D eigenvalue weighted by Gasteiger charge is -2.33. The van der Waals surface area contributed by atoms with Crippen molar-refractivity contribution in [2.45, 2.75) is 5.41 Å². The summed E-state index contributed by atoms with van der Waals surface area (Å²) >= 11 is 0. The van der Waals surface area contributed by atoms with E-state index >= 15 is 0 Å². The Balaban J connectivity index is 1.08. The SMILES string of the molecule is c1ccc2c(c1)-c1ccccc1C21c2ccccc2-c2ccc(N(c3ccc4c(ccc5ccccc54)c3)c3cccc(-c4ccc5ccccc5c4)c3-c3ccc4ccccc4c3)cc21. The van der Waals surface area contributed by atoms with Gasteiger partial charge in [-0.25, -0.2) is 0 Å². The molecular weight excluding hydrogens is 795 g/mol. The molecule has 12 aromatic carbocycles. The normalized spacial score (nSPS) is 13.0. The molecule has 12 aromatic rings. The second-order valence-electron chi connectivity index (χ2n) is 18.0. The third kappa shape index (κ3) is 5.29. The van der Waals surface area contributed by atoms with E-state index in [0.29, 0.717) is 0 Å². The zero-order chi connectivity index (χ0) is 43.3. The van der Waals surface area contributed by atoms with E-state index in [9.17, 15) is 0 Å². The quantitative estimate of drug-likeness (QED) is 0.156. The van der Waals surface area contributed by atoms with Crippen LogP contribution in [0, 0.1) is 0 Å². The van der Waals surface area contributed by atoms with Crippen molar-refractivity contribution in [2.24, 2.45) is 0 Å². The van der Waals surface area contributed by atoms with Crippen LogP contribution in [0.3, 0.4) is 0 Å². The lowest BCUT2D eigenvalue weighted by molar-refractivity contribution is 0.793. The molecule has 0 aromatic heterocycles. The molecule has 0 amide bonds. The predicted molar refractivity (Wildman–Crippen MR) is 278 cm³/mol. The molecular formula is C65H41N. The molecule has 0 bridgehead atoms. The summed E-state index contributed by atoms with van der Waals surface area (Å²) in [6.45, 7) is 0. The average Bonchev–Trinajstić information content (AvgIpc) is 3.85. The minimum atomic E-state index is -0.475. The number of nitrogens with zero attached hydrogens (tertiary/aromatic N) is 1. The molecule has 0 atom stereocenters. The fraction of sp³-hybridized carbons (Fsp3) is 0.0154. The molecule has 66 heavy (non-hydrogen) atoms. The van der Waals surface area contributed by atoms with E-state index < -0.39 is 5.41 Å². The monoisotopic (exact) mass is 835 g/mol. The van der Waals surface area contributed by atoms with Gasteiger partial charge in [-0.15, -0.1) is 0 Å². The highest BCUT2D eigenvalue weighted by atomic mass is 15.1. The van der Waals surface area contributed by atoms with Crippen molar-refractivity contribution in [2.75, 3.05) is 4.90 Å². The predicted octanol–water partition coefficient (Wildman–Crippen LogP) is 17.4. The highest BCUT2D eigenvalue weighted by Crippen LogP contribution is 2.63. The van der Waals surface area contributed by atoms with Crippen LogP contribution in [0.4, 0.5) is 17.1 Å². The minimum Gasteiger partial charge on any atom is -0.310 e. The highest BCUT2D eigenvalue weighted by molar-refractivity contribution is 6.09. The molecule has 2 aliphatic rings. The van der Waals surface area contributed by atoms with Crippen LogP contribution in [0.2, 0.25) is 0 Å². The molecule has 0 saturated heterocycles. The number of hydrogen-bond donors (Lipinski definition) is 0. The van der Waals surface area contributed by atoms with Gasteiger partial charge < -0.3 is 4.90 Å². The van der Waals surface area contributed by atoms with Crippen LogP contribution < -0.4 is 4.90 Å². The van der Waals surface area contributed by atoms with Crippen molar-refractivity contribution in [3.05, 3.63) is 271 Å². The fourth-order valence-electron chi connectivity index (χ4n) is 11.8. The standard InChI is InChI=1S/C65H41N/c1-3-17-45-38-47(31-28-42(45)14-1)54-23-13-27-63(64(54)49-33-29-43-15-2-4-18-46(43)39-49)66(50-34-36-53-48(40-50)32-30-44-16-5-6-19-52(44)53)51-35-37-58-57-22-9-12-26-61(57)65(62(58)41-51)59-24-10-7-20-55(59)56-21-8-11-25-60(56)65/h1-41H. The first-order chi connectivity index (χ1) is 32.7. The van der Waals surface area contributed by atoms with Gasteiger partial charge in [0.25, 0.3) is 0 Å². The Morgan fingerprint density at radius 1 is 0.258 bits per heavy atom. The molecule has 1 nitrogen and oxygen atoms in total. The zero-order valence-corrected chi connectivity index (χ0v) is 36.1. The minimum absolute atomic E-state index is 0.475. The van der Waals surface area contributed by atoms with Gasteiger partial charge >= 0.3 is 0 Å². The molecule has 2 aliphatic carbocycles. The lowest BCUT2D eigenvalue weighted by Crippen LogP contribution is -2.26. The lowest BCUT2D eigenvalue weighted by atomic mass is 9.70. The summed E-state index contributed by atoms with van der Waals surface area (Å²) in [5.74, 6) is 0. The van der Waals surface area contributed by atoms with Gasteiger partial charge in [0.15, 0.2) is 0 Å². The topological polar surface area (TPSA) is 3.24 Å². The van der Waals surface area contributed by atoms with Crippen LogP contribution >= 0.6 is 0 Å². The number of benzene rings is 12. The van der Waals surface area contributed by atoms with Crippen LogP contribution in [0.15, 0.2) is 249 Å². The number of anilines is 3. The Morgan fingerprint density at radius 3 is 1.41 bits per heavy atom. The zero-order valence-electron chi connectivity index (χ0n) is 36.1. The summed E-state index contributed by atoms with van der Waals surface area (Å²) in [6, 6.07) is 93.1. The van der Waals surface area contributed by atoms with Crippen LogP contribution in [-0.4, -0.2) is 0 Å². The molecule has 14 rings (SSSR count). The molecule has 0 saturated carbocycles. The Hall–Kier alpha value is -8.52. The summed E-state index contributed by atoms with van der Waals surface area (Å²) < 4.78 is 0. The molecule has 0 unspecified atom stereocenters. The van der Waals surface area contributed by atoms with E-state index in [4.69, 9.17) is 0 Å². The molecule has 0 fully saturated rings. The van der Waals surface area contributed by atoms with Crippen molar-refractivity contribution in [3.63, 3.8) is 0 Å². The molecule has 306 valence electrons. The van der Waals surface area contributed by atoms with Crippen molar-refractivity contribution >= 4 is 60.2 Å². The first-order valence-corrected chi connectivity index (χ1v) is 23.0. The van der Waals surface area contributed by atoms with Crippen molar-refractivity contribution < 1.29 is 0 Å². The van der Waals surface area contributed by atoms with Crippen LogP contribution in [0.25, 0.3) is 87.6 Å². The van der Waals surface area contributed by atoms with Gasteiger partial charge in [-0.1, -0.05) is 206 Å². The molecule has 1 spiro atoms. The van der Waals surface area contributed by atoms with Crippen LogP contribution in [-0.2, 0) is 5.41 Å². The Bertz CT molecular complexity index is 3900. The number of rotatable bonds is 5. The van der Waals surface area contributed by atoms with E-state index in [1.807, 2.05) is 0 Å². The Morgan fingerprint density at radius 2 is 0.727 bits per heavy atom. The maximum Gasteiger partial charge on any atom is 0.0726 e. The largest absolute Gasteiger partial charge is 0.310 e. The van der Waals surface area contributed by atoms with Gasteiger partial charge in [0, 0.05) is 16.9 Å². The molecule has 0 heterocycles. The summed E-state index contributed by atoms with van der Waals surface area (Å²) in [4.78, 5) is 2.54. The molecule has 0 aliphatic heterocycles. The van der Waals surface area contributed by atoms with Crippen molar-refractivity contribution in [1.82, 2.24) is 0 Å². The summed E-state index contributed by atoms with van der Waals surface area (Å²) in [5.41, 5.74) is 18.1. The van der Waals surface area contributed by atoms with E-state index in [0.717, 1.165) is 17.1 Å². The van der Waals surface area contributed by atoms with Crippen molar-refractivity contribution in [1.29, 1.82) is 0 Å².